The molecule has 0 heterocycles. The van der Waals surface area contributed by atoms with Gasteiger partial charge < -0.3 is 5.11 Å². The molecule has 0 radical (unpaired) electrons. The Kier molecular flexibility index (Phi) is 5.11. The van der Waals surface area contributed by atoms with Crippen LogP contribution in [0.1, 0.15) is 52.2 Å². The maximum Gasteiger partial charge on any atom is 0.0798 e. The van der Waals surface area contributed by atoms with Gasteiger partial charge in [0.15, 0.2) is 0 Å². The van der Waals surface area contributed by atoms with Crippen LogP contribution in [-0.4, -0.2) is 5.11 Å². The Balaban J connectivity index is 2.24. The molecule has 0 amide bonds. The summed E-state index contributed by atoms with van der Waals surface area (Å²) in [6.45, 7) is 9.00. The molecule has 2 atom stereocenters. The Bertz CT molecular complexity index is 612. The van der Waals surface area contributed by atoms with E-state index in [4.69, 9.17) is 0 Å². The molecule has 1 nitrogen and oxygen atoms in total. The predicted molar refractivity (Wildman–Crippen MR) is 94.5 cm³/mol. The number of fused-ring (bicyclic) bond motifs is 1. The summed E-state index contributed by atoms with van der Waals surface area (Å²) in [6.07, 6.45) is 1.53. The Morgan fingerprint density at radius 3 is 2.29 bits per heavy atom. The molecule has 114 valence electrons. The van der Waals surface area contributed by atoms with E-state index in [1.807, 2.05) is 24.3 Å². The number of halogens is 1. The molecule has 0 saturated carbocycles. The van der Waals surface area contributed by atoms with E-state index in [-0.39, 0.29) is 0 Å². The number of benzene rings is 2. The zero-order valence-electron chi connectivity index (χ0n) is 13.4. The Morgan fingerprint density at radius 1 is 1.05 bits per heavy atom. The number of hydrogen-bond acceptors (Lipinski definition) is 1. The Labute approximate surface area is 136 Å². The van der Waals surface area contributed by atoms with Crippen molar-refractivity contribution >= 4 is 26.7 Å². The van der Waals surface area contributed by atoms with E-state index >= 15 is 0 Å². The van der Waals surface area contributed by atoms with Gasteiger partial charge in [-0.05, 0) is 46.6 Å². The van der Waals surface area contributed by atoms with Crippen LogP contribution in [0.25, 0.3) is 10.8 Å². The SMILES string of the molecule is CC(CC(O)c1ccc(Br)c2ccccc12)CC(C)(C)C. The van der Waals surface area contributed by atoms with Crippen LogP contribution in [0.5, 0.6) is 0 Å². The first-order valence-electron chi connectivity index (χ1n) is 7.63. The maximum atomic E-state index is 10.7. The fraction of sp³-hybridized carbons (Fsp3) is 0.474. The van der Waals surface area contributed by atoms with Gasteiger partial charge in [0.1, 0.15) is 0 Å². The lowest BCUT2D eigenvalue weighted by atomic mass is 9.82. The molecule has 21 heavy (non-hydrogen) atoms. The molecule has 0 aliphatic carbocycles. The Morgan fingerprint density at radius 2 is 1.67 bits per heavy atom. The van der Waals surface area contributed by atoms with Crippen LogP contribution in [0, 0.1) is 11.3 Å². The maximum absolute atomic E-state index is 10.7. The van der Waals surface area contributed by atoms with Crippen molar-refractivity contribution in [2.75, 3.05) is 0 Å². The molecule has 0 aliphatic rings. The van der Waals surface area contributed by atoms with E-state index in [0.29, 0.717) is 11.3 Å². The average Bonchev–Trinajstić information content (AvgIpc) is 2.37. The molecule has 2 heteroatoms. The van der Waals surface area contributed by atoms with Crippen LogP contribution in [0.2, 0.25) is 0 Å². The van der Waals surface area contributed by atoms with Crippen molar-refractivity contribution in [2.24, 2.45) is 11.3 Å². The second kappa shape index (κ2) is 6.50. The number of rotatable bonds is 4. The lowest BCUT2D eigenvalue weighted by molar-refractivity contribution is 0.135. The molecule has 2 unspecified atom stereocenters. The first kappa shape index (κ1) is 16.5. The normalized spacial score (nSPS) is 15.1. The molecule has 2 rings (SSSR count). The highest BCUT2D eigenvalue weighted by molar-refractivity contribution is 9.10. The minimum Gasteiger partial charge on any atom is -0.388 e. The third kappa shape index (κ3) is 4.31. The summed E-state index contributed by atoms with van der Waals surface area (Å²) in [7, 11) is 0. The van der Waals surface area contributed by atoms with Crippen LogP contribution in [0.15, 0.2) is 40.9 Å². The van der Waals surface area contributed by atoms with E-state index in [0.717, 1.165) is 33.7 Å². The molecule has 0 saturated heterocycles. The van der Waals surface area contributed by atoms with Gasteiger partial charge in [0.2, 0.25) is 0 Å². The quantitative estimate of drug-likeness (QED) is 0.707. The summed E-state index contributed by atoms with van der Waals surface area (Å²) in [6, 6.07) is 12.3. The van der Waals surface area contributed by atoms with Gasteiger partial charge in [-0.25, -0.2) is 0 Å². The molecule has 2 aromatic rings. The molecular formula is C19H25BrO. The molecule has 0 spiro atoms. The van der Waals surface area contributed by atoms with E-state index in [1.54, 1.807) is 0 Å². The Hall–Kier alpha value is -0.860. The van der Waals surface area contributed by atoms with Gasteiger partial charge in [0.25, 0.3) is 0 Å². The number of aliphatic hydroxyl groups is 1. The highest BCUT2D eigenvalue weighted by atomic mass is 79.9. The van der Waals surface area contributed by atoms with Crippen LogP contribution < -0.4 is 0 Å². The van der Waals surface area contributed by atoms with Gasteiger partial charge in [0, 0.05) is 4.47 Å². The summed E-state index contributed by atoms with van der Waals surface area (Å²) in [4.78, 5) is 0. The van der Waals surface area contributed by atoms with Crippen molar-refractivity contribution in [3.8, 4) is 0 Å². The lowest BCUT2D eigenvalue weighted by Crippen LogP contribution is -2.13. The fourth-order valence-corrected chi connectivity index (χ4v) is 3.69. The summed E-state index contributed by atoms with van der Waals surface area (Å²) >= 11 is 3.59. The zero-order chi connectivity index (χ0) is 15.6. The summed E-state index contributed by atoms with van der Waals surface area (Å²) in [5.74, 6) is 0.502. The zero-order valence-corrected chi connectivity index (χ0v) is 14.9. The van der Waals surface area contributed by atoms with Crippen molar-refractivity contribution in [3.63, 3.8) is 0 Å². The van der Waals surface area contributed by atoms with Crippen molar-refractivity contribution in [1.29, 1.82) is 0 Å². The molecule has 0 bridgehead atoms. The van der Waals surface area contributed by atoms with Gasteiger partial charge in [-0.2, -0.15) is 0 Å². The first-order chi connectivity index (χ1) is 9.78. The second-order valence-corrected chi connectivity index (χ2v) is 8.16. The van der Waals surface area contributed by atoms with Crippen LogP contribution >= 0.6 is 15.9 Å². The third-order valence-electron chi connectivity index (χ3n) is 3.85. The summed E-state index contributed by atoms with van der Waals surface area (Å²) in [5, 5.41) is 13.0. The van der Waals surface area contributed by atoms with Crippen LogP contribution in [0.3, 0.4) is 0 Å². The highest BCUT2D eigenvalue weighted by Gasteiger charge is 2.20. The highest BCUT2D eigenvalue weighted by Crippen LogP contribution is 2.35. The van der Waals surface area contributed by atoms with Gasteiger partial charge in [0.05, 0.1) is 6.10 Å². The van der Waals surface area contributed by atoms with Crippen molar-refractivity contribution in [1.82, 2.24) is 0 Å². The molecular weight excluding hydrogens is 324 g/mol. The van der Waals surface area contributed by atoms with Gasteiger partial charge in [-0.15, -0.1) is 0 Å². The van der Waals surface area contributed by atoms with Crippen LogP contribution in [-0.2, 0) is 0 Å². The molecule has 0 aromatic heterocycles. The van der Waals surface area contributed by atoms with Crippen LogP contribution in [0.4, 0.5) is 0 Å². The molecule has 1 N–H and O–H groups in total. The minimum atomic E-state index is -0.402. The van der Waals surface area contributed by atoms with Gasteiger partial charge in [-0.3, -0.25) is 0 Å². The number of aliphatic hydroxyl groups excluding tert-OH is 1. The standard InChI is InChI=1S/C19H25BrO/c1-13(12-19(2,3)4)11-18(21)16-9-10-17(20)15-8-6-5-7-14(15)16/h5-10,13,18,21H,11-12H2,1-4H3. The molecule has 0 fully saturated rings. The minimum absolute atomic E-state index is 0.306. The first-order valence-corrected chi connectivity index (χ1v) is 8.42. The third-order valence-corrected chi connectivity index (χ3v) is 4.54. The van der Waals surface area contributed by atoms with E-state index < -0.39 is 6.10 Å². The van der Waals surface area contributed by atoms with Crippen molar-refractivity contribution in [2.45, 2.75) is 46.6 Å². The summed E-state index contributed by atoms with van der Waals surface area (Å²) < 4.78 is 1.08. The van der Waals surface area contributed by atoms with Gasteiger partial charge in [-0.1, -0.05) is 74.0 Å². The fourth-order valence-electron chi connectivity index (χ4n) is 3.21. The second-order valence-electron chi connectivity index (χ2n) is 7.30. The molecule has 2 aromatic carbocycles. The average molecular weight is 349 g/mol. The topological polar surface area (TPSA) is 20.2 Å². The monoisotopic (exact) mass is 348 g/mol. The summed E-state index contributed by atoms with van der Waals surface area (Å²) in [5.41, 5.74) is 1.34. The van der Waals surface area contributed by atoms with E-state index in [9.17, 15) is 5.11 Å². The predicted octanol–water partition coefficient (Wildman–Crippen LogP) is 6.10. The number of hydrogen-bond donors (Lipinski definition) is 1. The van der Waals surface area contributed by atoms with Crippen molar-refractivity contribution in [3.05, 3.63) is 46.4 Å². The van der Waals surface area contributed by atoms with E-state index in [2.05, 4.69) is 55.8 Å². The van der Waals surface area contributed by atoms with Gasteiger partial charge >= 0.3 is 0 Å². The molecule has 0 aliphatic heterocycles. The largest absolute Gasteiger partial charge is 0.388 e. The lowest BCUT2D eigenvalue weighted by Gasteiger charge is -2.25. The van der Waals surface area contributed by atoms with E-state index in [1.165, 1.54) is 0 Å². The van der Waals surface area contributed by atoms with Crippen molar-refractivity contribution < 1.29 is 5.11 Å². The smallest absolute Gasteiger partial charge is 0.0798 e.